The van der Waals surface area contributed by atoms with Gasteiger partial charge in [-0.05, 0) is 122 Å². The van der Waals surface area contributed by atoms with Crippen LogP contribution in [0.5, 0.6) is 23.0 Å². The van der Waals surface area contributed by atoms with Crippen molar-refractivity contribution in [2.75, 3.05) is 11.5 Å². The van der Waals surface area contributed by atoms with E-state index in [1.807, 2.05) is 48.5 Å². The first-order valence-electron chi connectivity index (χ1n) is 13.0. The summed E-state index contributed by atoms with van der Waals surface area (Å²) in [6.07, 6.45) is 1.97. The standard InChI is InChI=1S/C33H38N2O2/c1-7-33(8-2,25-17-21(3)31(22(4)18-25)36-29-13-9-27(34)10-14-29)26-19-23(5)32(24(6)20-26)37-30-15-11-28(35)12-16-30/h9-20H,7-8,34-35H2,1-6H3. The molecule has 0 amide bonds. The highest BCUT2D eigenvalue weighted by atomic mass is 16.5. The largest absolute Gasteiger partial charge is 0.457 e. The van der Waals surface area contributed by atoms with Crippen molar-refractivity contribution in [2.45, 2.75) is 59.8 Å². The fourth-order valence-corrected chi connectivity index (χ4v) is 5.32. The second kappa shape index (κ2) is 10.6. The van der Waals surface area contributed by atoms with Gasteiger partial charge >= 0.3 is 0 Å². The second-order valence-corrected chi connectivity index (χ2v) is 10.0. The maximum atomic E-state index is 6.27. The zero-order valence-corrected chi connectivity index (χ0v) is 22.8. The molecule has 0 spiro atoms. The summed E-state index contributed by atoms with van der Waals surface area (Å²) in [4.78, 5) is 0. The molecule has 0 unspecified atom stereocenters. The van der Waals surface area contributed by atoms with Gasteiger partial charge in [0.15, 0.2) is 0 Å². The van der Waals surface area contributed by atoms with Crippen LogP contribution >= 0.6 is 0 Å². The summed E-state index contributed by atoms with van der Waals surface area (Å²) in [5.41, 5.74) is 20.1. The number of hydrogen-bond acceptors (Lipinski definition) is 4. The Hall–Kier alpha value is -3.92. The third kappa shape index (κ3) is 5.29. The third-order valence-electron chi connectivity index (χ3n) is 7.43. The van der Waals surface area contributed by atoms with Crippen LogP contribution in [0.4, 0.5) is 11.4 Å². The van der Waals surface area contributed by atoms with Gasteiger partial charge in [-0.2, -0.15) is 0 Å². The number of anilines is 2. The Bertz CT molecular complexity index is 1230. The van der Waals surface area contributed by atoms with Crippen LogP contribution in [0.25, 0.3) is 0 Å². The summed E-state index contributed by atoms with van der Waals surface area (Å²) in [7, 11) is 0. The van der Waals surface area contributed by atoms with E-state index in [9.17, 15) is 0 Å². The molecule has 0 heterocycles. The number of rotatable bonds is 8. The molecule has 0 aliphatic carbocycles. The van der Waals surface area contributed by atoms with Crippen molar-refractivity contribution in [2.24, 2.45) is 0 Å². The minimum atomic E-state index is -0.121. The molecule has 4 nitrogen and oxygen atoms in total. The molecule has 37 heavy (non-hydrogen) atoms. The molecular weight excluding hydrogens is 456 g/mol. The molecule has 4 aromatic rings. The quantitative estimate of drug-likeness (QED) is 0.240. The van der Waals surface area contributed by atoms with Crippen LogP contribution in [-0.4, -0.2) is 0 Å². The first-order valence-corrected chi connectivity index (χ1v) is 13.0. The summed E-state index contributed by atoms with van der Waals surface area (Å²) < 4.78 is 12.5. The Kier molecular flexibility index (Phi) is 7.49. The predicted molar refractivity (Wildman–Crippen MR) is 155 cm³/mol. The number of hydrogen-bond donors (Lipinski definition) is 2. The molecular formula is C33H38N2O2. The summed E-state index contributed by atoms with van der Waals surface area (Å²) in [5.74, 6) is 3.37. The fraction of sp³-hybridized carbons (Fsp3) is 0.273. The van der Waals surface area contributed by atoms with E-state index in [0.29, 0.717) is 0 Å². The number of ether oxygens (including phenoxy) is 2. The second-order valence-electron chi connectivity index (χ2n) is 10.0. The molecule has 0 saturated heterocycles. The van der Waals surface area contributed by atoms with E-state index in [4.69, 9.17) is 20.9 Å². The zero-order chi connectivity index (χ0) is 26.7. The van der Waals surface area contributed by atoms with Crippen molar-refractivity contribution >= 4 is 11.4 Å². The Morgan fingerprint density at radius 2 is 0.838 bits per heavy atom. The molecule has 4 heteroatoms. The Balaban J connectivity index is 1.72. The van der Waals surface area contributed by atoms with Gasteiger partial charge in [0.05, 0.1) is 0 Å². The van der Waals surface area contributed by atoms with Crippen molar-refractivity contribution in [3.05, 3.63) is 106 Å². The topological polar surface area (TPSA) is 70.5 Å². The highest BCUT2D eigenvalue weighted by molar-refractivity contribution is 5.55. The van der Waals surface area contributed by atoms with Crippen LogP contribution < -0.4 is 20.9 Å². The van der Waals surface area contributed by atoms with Crippen LogP contribution in [0, 0.1) is 27.7 Å². The van der Waals surface area contributed by atoms with Crippen molar-refractivity contribution in [3.8, 4) is 23.0 Å². The fourth-order valence-electron chi connectivity index (χ4n) is 5.32. The average molecular weight is 495 g/mol. The maximum Gasteiger partial charge on any atom is 0.133 e. The van der Waals surface area contributed by atoms with Gasteiger partial charge in [0.1, 0.15) is 23.0 Å². The smallest absolute Gasteiger partial charge is 0.133 e. The summed E-state index contributed by atoms with van der Waals surface area (Å²) in [6.45, 7) is 13.0. The number of benzene rings is 4. The van der Waals surface area contributed by atoms with E-state index >= 15 is 0 Å². The normalized spacial score (nSPS) is 11.4. The molecule has 0 atom stereocenters. The van der Waals surface area contributed by atoms with Crippen LogP contribution in [0.2, 0.25) is 0 Å². The Morgan fingerprint density at radius 1 is 0.541 bits per heavy atom. The highest BCUT2D eigenvalue weighted by Crippen LogP contribution is 2.44. The van der Waals surface area contributed by atoms with Gasteiger partial charge in [0.25, 0.3) is 0 Å². The van der Waals surface area contributed by atoms with Crippen LogP contribution in [-0.2, 0) is 5.41 Å². The molecule has 0 fully saturated rings. The molecule has 0 saturated carbocycles. The van der Waals surface area contributed by atoms with E-state index < -0.39 is 0 Å². The van der Waals surface area contributed by atoms with E-state index in [-0.39, 0.29) is 5.41 Å². The minimum absolute atomic E-state index is 0.121. The lowest BCUT2D eigenvalue weighted by atomic mass is 9.69. The lowest BCUT2D eigenvalue weighted by molar-refractivity contribution is 0.458. The van der Waals surface area contributed by atoms with Crippen molar-refractivity contribution in [3.63, 3.8) is 0 Å². The molecule has 0 radical (unpaired) electrons. The first kappa shape index (κ1) is 26.2. The summed E-state index contributed by atoms with van der Waals surface area (Å²) in [5, 5.41) is 0. The van der Waals surface area contributed by atoms with E-state index in [1.165, 1.54) is 11.1 Å². The van der Waals surface area contributed by atoms with Gasteiger partial charge in [-0.25, -0.2) is 0 Å². The zero-order valence-electron chi connectivity index (χ0n) is 22.8. The van der Waals surface area contributed by atoms with Crippen molar-refractivity contribution in [1.29, 1.82) is 0 Å². The lowest BCUT2D eigenvalue weighted by Gasteiger charge is -2.35. The Labute approximate surface area is 221 Å². The predicted octanol–water partition coefficient (Wildman–Crippen LogP) is 8.78. The monoisotopic (exact) mass is 494 g/mol. The molecule has 0 aromatic heterocycles. The summed E-state index contributed by atoms with van der Waals surface area (Å²) in [6, 6.07) is 24.2. The van der Waals surface area contributed by atoms with Crippen molar-refractivity contribution < 1.29 is 9.47 Å². The van der Waals surface area contributed by atoms with Gasteiger partial charge in [-0.1, -0.05) is 38.1 Å². The maximum absolute atomic E-state index is 6.27. The highest BCUT2D eigenvalue weighted by Gasteiger charge is 2.32. The molecule has 0 bridgehead atoms. The number of nitrogen functional groups attached to an aromatic ring is 2. The van der Waals surface area contributed by atoms with Gasteiger partial charge in [-0.3, -0.25) is 0 Å². The molecule has 0 aliphatic heterocycles. The number of nitrogens with two attached hydrogens (primary N) is 2. The Morgan fingerprint density at radius 3 is 1.11 bits per heavy atom. The molecule has 4 aromatic carbocycles. The van der Waals surface area contributed by atoms with Crippen LogP contribution in [0.1, 0.15) is 60.1 Å². The molecule has 0 aliphatic rings. The lowest BCUT2D eigenvalue weighted by Crippen LogP contribution is -2.27. The van der Waals surface area contributed by atoms with Crippen molar-refractivity contribution in [1.82, 2.24) is 0 Å². The molecule has 192 valence electrons. The van der Waals surface area contributed by atoms with Gasteiger partial charge in [0.2, 0.25) is 0 Å². The third-order valence-corrected chi connectivity index (χ3v) is 7.43. The molecule has 4 rings (SSSR count). The van der Waals surface area contributed by atoms with Gasteiger partial charge in [0, 0.05) is 16.8 Å². The van der Waals surface area contributed by atoms with Gasteiger partial charge < -0.3 is 20.9 Å². The SMILES string of the molecule is CCC(CC)(c1cc(C)c(Oc2ccc(N)cc2)c(C)c1)c1cc(C)c(Oc2ccc(N)cc2)c(C)c1. The van der Waals surface area contributed by atoms with E-state index in [1.54, 1.807) is 0 Å². The first-order chi connectivity index (χ1) is 17.7. The minimum Gasteiger partial charge on any atom is -0.457 e. The van der Waals surface area contributed by atoms with E-state index in [0.717, 1.165) is 69.5 Å². The number of aryl methyl sites for hydroxylation is 4. The van der Waals surface area contributed by atoms with Crippen LogP contribution in [0.3, 0.4) is 0 Å². The summed E-state index contributed by atoms with van der Waals surface area (Å²) >= 11 is 0. The van der Waals surface area contributed by atoms with Crippen LogP contribution in [0.15, 0.2) is 72.8 Å². The average Bonchev–Trinajstić information content (AvgIpc) is 2.87. The van der Waals surface area contributed by atoms with E-state index in [2.05, 4.69) is 65.8 Å². The molecule has 4 N–H and O–H groups in total. The van der Waals surface area contributed by atoms with Gasteiger partial charge in [-0.15, -0.1) is 0 Å².